The van der Waals surface area contributed by atoms with E-state index in [1.807, 2.05) is 30.3 Å². The summed E-state index contributed by atoms with van der Waals surface area (Å²) in [7, 11) is 1.41. The first-order valence-corrected chi connectivity index (χ1v) is 8.23. The Morgan fingerprint density at radius 1 is 1.29 bits per heavy atom. The summed E-state index contributed by atoms with van der Waals surface area (Å²) in [5.74, 6) is -0.0159. The fourth-order valence-electron chi connectivity index (χ4n) is 2.77. The van der Waals surface area contributed by atoms with Crippen molar-refractivity contribution in [3.63, 3.8) is 0 Å². The standard InChI is InChI=1S/C19H18N6O3/c1-11-15(12-9-14(17(26)21-2)18(28-3)22-10-12)24-25(16(11)23-19(20)27)13-7-5-4-6-8-13/h4-10H,2H2,1,3H3,(H3,20,23,27). The maximum Gasteiger partial charge on any atom is 0.317 e. The van der Waals surface area contributed by atoms with Crippen molar-refractivity contribution in [3.05, 3.63) is 53.7 Å². The van der Waals surface area contributed by atoms with Crippen molar-refractivity contribution in [1.82, 2.24) is 14.8 Å². The highest BCUT2D eigenvalue weighted by atomic mass is 16.5. The molecule has 0 radical (unpaired) electrons. The lowest BCUT2D eigenvalue weighted by Crippen LogP contribution is -2.21. The average molecular weight is 378 g/mol. The van der Waals surface area contributed by atoms with Gasteiger partial charge in [-0.1, -0.05) is 18.2 Å². The molecule has 0 aliphatic heterocycles. The quantitative estimate of drug-likeness (QED) is 0.660. The highest BCUT2D eigenvalue weighted by Gasteiger charge is 2.21. The summed E-state index contributed by atoms with van der Waals surface area (Å²) in [5, 5.41) is 7.19. The molecule has 0 saturated carbocycles. The van der Waals surface area contributed by atoms with Gasteiger partial charge < -0.3 is 10.5 Å². The topological polar surface area (TPSA) is 124 Å². The van der Waals surface area contributed by atoms with Crippen LogP contribution in [0.25, 0.3) is 16.9 Å². The first-order chi connectivity index (χ1) is 13.5. The van der Waals surface area contributed by atoms with E-state index in [9.17, 15) is 9.59 Å². The molecule has 1 aromatic carbocycles. The molecular formula is C19H18N6O3. The number of carbonyl (C=O) groups is 2. The average Bonchev–Trinajstić information content (AvgIpc) is 3.03. The Bertz CT molecular complexity index is 1060. The second-order valence-electron chi connectivity index (χ2n) is 5.80. The molecule has 0 fully saturated rings. The molecule has 0 bridgehead atoms. The fraction of sp³-hybridized carbons (Fsp3) is 0.105. The van der Waals surface area contributed by atoms with E-state index < -0.39 is 11.9 Å². The zero-order valence-corrected chi connectivity index (χ0v) is 15.3. The van der Waals surface area contributed by atoms with Crippen LogP contribution in [0.1, 0.15) is 15.9 Å². The number of hydrogen-bond acceptors (Lipinski definition) is 5. The number of aliphatic imine (C=N–C) groups is 1. The van der Waals surface area contributed by atoms with E-state index in [1.54, 1.807) is 17.7 Å². The van der Waals surface area contributed by atoms with Gasteiger partial charge in [-0.05, 0) is 31.8 Å². The lowest BCUT2D eigenvalue weighted by Gasteiger charge is -2.07. The fourth-order valence-corrected chi connectivity index (χ4v) is 2.77. The molecule has 3 rings (SSSR count). The summed E-state index contributed by atoms with van der Waals surface area (Å²) in [6.45, 7) is 5.04. The van der Waals surface area contributed by atoms with E-state index >= 15 is 0 Å². The highest BCUT2D eigenvalue weighted by Crippen LogP contribution is 2.32. The number of nitrogens with zero attached hydrogens (tertiary/aromatic N) is 4. The second-order valence-corrected chi connectivity index (χ2v) is 5.80. The highest BCUT2D eigenvalue weighted by molar-refractivity contribution is 6.00. The molecular weight excluding hydrogens is 360 g/mol. The van der Waals surface area contributed by atoms with E-state index in [4.69, 9.17) is 10.5 Å². The number of hydrogen-bond donors (Lipinski definition) is 2. The van der Waals surface area contributed by atoms with Crippen LogP contribution in [-0.2, 0) is 0 Å². The molecule has 142 valence electrons. The number of anilines is 1. The Kier molecular flexibility index (Phi) is 5.16. The number of ether oxygens (including phenoxy) is 1. The molecule has 3 aromatic rings. The minimum atomic E-state index is -0.716. The third-order valence-corrected chi connectivity index (χ3v) is 4.06. The molecule has 3 amide bonds. The van der Waals surface area contributed by atoms with Crippen molar-refractivity contribution < 1.29 is 14.3 Å². The van der Waals surface area contributed by atoms with Crippen LogP contribution in [0.15, 0.2) is 47.6 Å². The summed E-state index contributed by atoms with van der Waals surface area (Å²) in [5.41, 5.74) is 7.93. The number of pyridine rings is 1. The molecule has 0 saturated heterocycles. The van der Waals surface area contributed by atoms with Crippen LogP contribution in [0.4, 0.5) is 10.6 Å². The van der Waals surface area contributed by atoms with E-state index in [1.165, 1.54) is 13.3 Å². The number of primary amides is 1. The Balaban J connectivity index is 2.20. The molecule has 9 heteroatoms. The Labute approximate surface area is 160 Å². The van der Waals surface area contributed by atoms with Crippen molar-refractivity contribution in [2.24, 2.45) is 10.7 Å². The van der Waals surface area contributed by atoms with Crippen LogP contribution in [0.3, 0.4) is 0 Å². The van der Waals surface area contributed by atoms with Gasteiger partial charge in [0.25, 0.3) is 5.91 Å². The predicted molar refractivity (Wildman–Crippen MR) is 105 cm³/mol. The van der Waals surface area contributed by atoms with E-state index in [2.05, 4.69) is 27.1 Å². The normalized spacial score (nSPS) is 10.4. The molecule has 0 aliphatic carbocycles. The molecule has 0 spiro atoms. The predicted octanol–water partition coefficient (Wildman–Crippen LogP) is 2.58. The summed E-state index contributed by atoms with van der Waals surface area (Å²) in [6.07, 6.45) is 1.53. The number of para-hydroxylation sites is 1. The minimum absolute atomic E-state index is 0.136. The number of aromatic nitrogens is 3. The number of carbonyl (C=O) groups excluding carboxylic acids is 2. The van der Waals surface area contributed by atoms with Gasteiger partial charge in [0.1, 0.15) is 11.4 Å². The van der Waals surface area contributed by atoms with Crippen LogP contribution in [-0.4, -0.2) is 40.5 Å². The maximum absolute atomic E-state index is 12.1. The Hall–Kier alpha value is -4.01. The molecule has 0 atom stereocenters. The van der Waals surface area contributed by atoms with Gasteiger partial charge in [-0.2, -0.15) is 5.10 Å². The van der Waals surface area contributed by atoms with Crippen molar-refractivity contribution in [3.8, 4) is 22.8 Å². The van der Waals surface area contributed by atoms with Gasteiger partial charge in [-0.25, -0.2) is 19.5 Å². The zero-order valence-electron chi connectivity index (χ0n) is 15.3. The largest absolute Gasteiger partial charge is 0.480 e. The Morgan fingerprint density at radius 2 is 2.00 bits per heavy atom. The minimum Gasteiger partial charge on any atom is -0.480 e. The van der Waals surface area contributed by atoms with Crippen molar-refractivity contribution in [2.45, 2.75) is 6.92 Å². The third kappa shape index (κ3) is 3.45. The molecule has 2 heterocycles. The number of nitrogens with one attached hydrogen (secondary N) is 1. The van der Waals surface area contributed by atoms with Gasteiger partial charge in [-0.3, -0.25) is 10.1 Å². The number of nitrogens with two attached hydrogens (primary N) is 1. The summed E-state index contributed by atoms with van der Waals surface area (Å²) in [4.78, 5) is 31.1. The van der Waals surface area contributed by atoms with Gasteiger partial charge in [-0.15, -0.1) is 0 Å². The van der Waals surface area contributed by atoms with Crippen LogP contribution < -0.4 is 15.8 Å². The molecule has 9 nitrogen and oxygen atoms in total. The third-order valence-electron chi connectivity index (χ3n) is 4.06. The smallest absolute Gasteiger partial charge is 0.317 e. The summed E-state index contributed by atoms with van der Waals surface area (Å²) in [6, 6.07) is 10.1. The summed E-state index contributed by atoms with van der Waals surface area (Å²) >= 11 is 0. The van der Waals surface area contributed by atoms with Gasteiger partial charge >= 0.3 is 6.03 Å². The van der Waals surface area contributed by atoms with Gasteiger partial charge in [0, 0.05) is 17.3 Å². The van der Waals surface area contributed by atoms with Crippen molar-refractivity contribution in [2.75, 3.05) is 12.4 Å². The number of amides is 3. The summed E-state index contributed by atoms with van der Waals surface area (Å²) < 4.78 is 6.68. The lowest BCUT2D eigenvalue weighted by molar-refractivity contribution is 0.1000. The molecule has 2 aromatic heterocycles. The monoisotopic (exact) mass is 378 g/mol. The van der Waals surface area contributed by atoms with Gasteiger partial charge in [0.15, 0.2) is 0 Å². The SMILES string of the molecule is C=NC(=O)c1cc(-c2nn(-c3ccccc3)c(NC(N)=O)c2C)cnc1OC. The number of methoxy groups -OCH3 is 1. The number of rotatable bonds is 5. The van der Waals surface area contributed by atoms with E-state index in [0.29, 0.717) is 22.6 Å². The van der Waals surface area contributed by atoms with Crippen LogP contribution in [0, 0.1) is 6.92 Å². The van der Waals surface area contributed by atoms with Crippen molar-refractivity contribution >= 4 is 24.5 Å². The van der Waals surface area contributed by atoms with Crippen molar-refractivity contribution in [1.29, 1.82) is 0 Å². The number of benzene rings is 1. The molecule has 28 heavy (non-hydrogen) atoms. The molecule has 0 unspecified atom stereocenters. The van der Waals surface area contributed by atoms with E-state index in [0.717, 1.165) is 5.69 Å². The van der Waals surface area contributed by atoms with Crippen LogP contribution in [0.5, 0.6) is 5.88 Å². The van der Waals surface area contributed by atoms with E-state index in [-0.39, 0.29) is 11.4 Å². The second kappa shape index (κ2) is 7.70. The lowest BCUT2D eigenvalue weighted by atomic mass is 10.1. The van der Waals surface area contributed by atoms with Gasteiger partial charge in [0.05, 0.1) is 18.5 Å². The first-order valence-electron chi connectivity index (χ1n) is 8.23. The van der Waals surface area contributed by atoms with Gasteiger partial charge in [0.2, 0.25) is 5.88 Å². The Morgan fingerprint density at radius 3 is 2.61 bits per heavy atom. The molecule has 0 aliphatic rings. The molecule has 3 N–H and O–H groups in total. The van der Waals surface area contributed by atoms with Crippen LogP contribution in [0.2, 0.25) is 0 Å². The zero-order chi connectivity index (χ0) is 20.3. The number of urea groups is 1. The first kappa shape index (κ1) is 18.8. The van der Waals surface area contributed by atoms with Crippen LogP contribution >= 0.6 is 0 Å². The maximum atomic E-state index is 12.1.